The minimum atomic E-state index is -0.658. The molecule has 2 aromatic carbocycles. The van der Waals surface area contributed by atoms with Crippen LogP contribution in [0.4, 0.5) is 4.39 Å². The maximum absolute atomic E-state index is 13.6. The van der Waals surface area contributed by atoms with E-state index in [-0.39, 0.29) is 18.7 Å². The molecule has 1 aromatic heterocycles. The van der Waals surface area contributed by atoms with Crippen LogP contribution < -0.4 is 5.32 Å². The Morgan fingerprint density at radius 2 is 1.83 bits per heavy atom. The fourth-order valence-corrected chi connectivity index (χ4v) is 3.04. The number of halogens is 1. The van der Waals surface area contributed by atoms with Crippen LogP contribution in [0.1, 0.15) is 27.2 Å². The number of rotatable bonds is 7. The number of amides is 1. The lowest BCUT2D eigenvalue weighted by molar-refractivity contribution is -0.124. The number of ether oxygens (including phenoxy) is 2. The van der Waals surface area contributed by atoms with Gasteiger partial charge in [0.15, 0.2) is 6.61 Å². The molecule has 0 spiro atoms. The normalized spacial score (nSPS) is 10.7. The predicted octanol–water partition coefficient (Wildman–Crippen LogP) is 3.30. The number of nitrogens with zero attached hydrogens (tertiary/aromatic N) is 1. The van der Waals surface area contributed by atoms with Crippen LogP contribution in [0.2, 0.25) is 0 Å². The second-order valence-electron chi connectivity index (χ2n) is 6.45. The molecule has 1 heterocycles. The first-order chi connectivity index (χ1) is 14.0. The number of para-hydroxylation sites is 1. The summed E-state index contributed by atoms with van der Waals surface area (Å²) in [6, 6.07) is 13.6. The summed E-state index contributed by atoms with van der Waals surface area (Å²) in [6.45, 7) is 1.47. The van der Waals surface area contributed by atoms with Crippen LogP contribution in [-0.4, -0.2) is 30.6 Å². The molecule has 0 aliphatic carbocycles. The van der Waals surface area contributed by atoms with E-state index in [2.05, 4.69) is 10.3 Å². The molecule has 1 N–H and O–H groups in total. The third kappa shape index (κ3) is 4.75. The number of hydrogen-bond donors (Lipinski definition) is 1. The molecule has 0 unspecified atom stereocenters. The van der Waals surface area contributed by atoms with Gasteiger partial charge in [-0.3, -0.25) is 4.79 Å². The molecule has 0 saturated carbocycles. The molecule has 1 amide bonds. The largest absolute Gasteiger partial charge is 0.452 e. The summed E-state index contributed by atoms with van der Waals surface area (Å²) in [5.41, 5.74) is 2.53. The number of aryl methyl sites for hydroxylation is 1. The third-order valence-corrected chi connectivity index (χ3v) is 4.48. The highest BCUT2D eigenvalue weighted by Crippen LogP contribution is 2.24. The highest BCUT2D eigenvalue weighted by molar-refractivity contribution is 5.99. The zero-order valence-electron chi connectivity index (χ0n) is 16.2. The summed E-state index contributed by atoms with van der Waals surface area (Å²) in [4.78, 5) is 29.2. The van der Waals surface area contributed by atoms with Gasteiger partial charge in [0.2, 0.25) is 0 Å². The molecule has 0 bridgehead atoms. The summed E-state index contributed by atoms with van der Waals surface area (Å²) >= 11 is 0. The first kappa shape index (κ1) is 20.4. The van der Waals surface area contributed by atoms with E-state index < -0.39 is 24.3 Å². The van der Waals surface area contributed by atoms with Gasteiger partial charge in [-0.15, -0.1) is 0 Å². The highest BCUT2D eigenvalue weighted by atomic mass is 19.1. The quantitative estimate of drug-likeness (QED) is 0.620. The summed E-state index contributed by atoms with van der Waals surface area (Å²) in [7, 11) is 1.51. The number of methoxy groups -OCH3 is 1. The van der Waals surface area contributed by atoms with Gasteiger partial charge in [0.25, 0.3) is 5.91 Å². The van der Waals surface area contributed by atoms with Gasteiger partial charge in [0.05, 0.1) is 23.4 Å². The molecule has 0 saturated heterocycles. The van der Waals surface area contributed by atoms with Gasteiger partial charge in [-0.2, -0.15) is 0 Å². The summed E-state index contributed by atoms with van der Waals surface area (Å²) in [5, 5.41) is 3.36. The number of carbonyl (C=O) groups is 2. The molecule has 6 nitrogen and oxygen atoms in total. The Bertz CT molecular complexity index is 1050. The van der Waals surface area contributed by atoms with Gasteiger partial charge in [-0.05, 0) is 24.6 Å². The number of pyridine rings is 1. The van der Waals surface area contributed by atoms with Crippen molar-refractivity contribution in [2.45, 2.75) is 20.1 Å². The lowest BCUT2D eigenvalue weighted by Gasteiger charge is -2.14. The number of nitrogens with one attached hydrogen (secondary N) is 1. The molecule has 3 rings (SSSR count). The van der Waals surface area contributed by atoms with Crippen molar-refractivity contribution in [2.24, 2.45) is 0 Å². The SMILES string of the molecule is COCc1nc2ccccc2c(C)c1C(=O)OCC(=O)NCc1ccccc1F. The second-order valence-corrected chi connectivity index (χ2v) is 6.45. The summed E-state index contributed by atoms with van der Waals surface area (Å²) in [6.07, 6.45) is 0. The fourth-order valence-electron chi connectivity index (χ4n) is 3.04. The third-order valence-electron chi connectivity index (χ3n) is 4.48. The topological polar surface area (TPSA) is 77.5 Å². The van der Waals surface area contributed by atoms with Gasteiger partial charge in [0.1, 0.15) is 5.82 Å². The molecule has 0 atom stereocenters. The van der Waals surface area contributed by atoms with Crippen LogP contribution in [-0.2, 0) is 27.4 Å². The smallest absolute Gasteiger partial charge is 0.340 e. The Morgan fingerprint density at radius 1 is 1.10 bits per heavy atom. The maximum atomic E-state index is 13.6. The number of fused-ring (bicyclic) bond motifs is 1. The molecule has 0 fully saturated rings. The van der Waals surface area contributed by atoms with Crippen LogP contribution in [0.3, 0.4) is 0 Å². The fraction of sp³-hybridized carbons (Fsp3) is 0.227. The van der Waals surface area contributed by atoms with Crippen LogP contribution in [0, 0.1) is 12.7 Å². The van der Waals surface area contributed by atoms with E-state index >= 15 is 0 Å². The molecular formula is C22H21FN2O4. The standard InChI is InChI=1S/C22H21FN2O4/c1-14-16-8-4-6-10-18(16)25-19(12-28-2)21(14)22(27)29-13-20(26)24-11-15-7-3-5-9-17(15)23/h3-10H,11-13H2,1-2H3,(H,24,26). The Morgan fingerprint density at radius 3 is 2.59 bits per heavy atom. The molecule has 29 heavy (non-hydrogen) atoms. The average Bonchev–Trinajstić information content (AvgIpc) is 2.72. The van der Waals surface area contributed by atoms with Crippen molar-refractivity contribution in [2.75, 3.05) is 13.7 Å². The molecule has 0 radical (unpaired) electrons. The highest BCUT2D eigenvalue weighted by Gasteiger charge is 2.21. The monoisotopic (exact) mass is 396 g/mol. The number of aromatic nitrogens is 1. The van der Waals surface area contributed by atoms with Gasteiger partial charge < -0.3 is 14.8 Å². The van der Waals surface area contributed by atoms with Crippen molar-refractivity contribution in [3.8, 4) is 0 Å². The van der Waals surface area contributed by atoms with Crippen LogP contribution in [0.25, 0.3) is 10.9 Å². The Balaban J connectivity index is 1.70. The molecule has 0 aliphatic rings. The van der Waals surface area contributed by atoms with Crippen molar-refractivity contribution < 1.29 is 23.5 Å². The first-order valence-corrected chi connectivity index (χ1v) is 9.05. The van der Waals surface area contributed by atoms with E-state index in [1.807, 2.05) is 24.3 Å². The van der Waals surface area contributed by atoms with Crippen molar-refractivity contribution >= 4 is 22.8 Å². The van der Waals surface area contributed by atoms with E-state index in [1.54, 1.807) is 25.1 Å². The van der Waals surface area contributed by atoms with E-state index in [0.29, 0.717) is 16.8 Å². The predicted molar refractivity (Wildman–Crippen MR) is 106 cm³/mol. The van der Waals surface area contributed by atoms with Crippen molar-refractivity contribution in [3.63, 3.8) is 0 Å². The van der Waals surface area contributed by atoms with E-state index in [1.165, 1.54) is 13.2 Å². The molecule has 3 aromatic rings. The van der Waals surface area contributed by atoms with Crippen molar-refractivity contribution in [1.29, 1.82) is 0 Å². The van der Waals surface area contributed by atoms with Gasteiger partial charge >= 0.3 is 5.97 Å². The Labute approximate surface area is 167 Å². The van der Waals surface area contributed by atoms with E-state index in [4.69, 9.17) is 9.47 Å². The molecule has 0 aliphatic heterocycles. The summed E-state index contributed by atoms with van der Waals surface area (Å²) in [5.74, 6) is -1.60. The number of esters is 1. The molecule has 150 valence electrons. The average molecular weight is 396 g/mol. The van der Waals surface area contributed by atoms with Crippen molar-refractivity contribution in [1.82, 2.24) is 10.3 Å². The van der Waals surface area contributed by atoms with Crippen molar-refractivity contribution in [3.05, 3.63) is 76.7 Å². The first-order valence-electron chi connectivity index (χ1n) is 9.05. The van der Waals surface area contributed by atoms with Crippen LogP contribution >= 0.6 is 0 Å². The maximum Gasteiger partial charge on any atom is 0.340 e. The Kier molecular flexibility index (Phi) is 6.51. The van der Waals surface area contributed by atoms with E-state index in [0.717, 1.165) is 10.9 Å². The van der Waals surface area contributed by atoms with Gasteiger partial charge in [0, 0.05) is 24.6 Å². The summed E-state index contributed by atoms with van der Waals surface area (Å²) < 4.78 is 24.0. The number of hydrogen-bond acceptors (Lipinski definition) is 5. The minimum absolute atomic E-state index is 0.00847. The van der Waals surface area contributed by atoms with Gasteiger partial charge in [-0.1, -0.05) is 36.4 Å². The second kappa shape index (κ2) is 9.25. The Hall–Kier alpha value is -3.32. The van der Waals surface area contributed by atoms with Crippen LogP contribution in [0.5, 0.6) is 0 Å². The lowest BCUT2D eigenvalue weighted by atomic mass is 10.0. The number of carbonyl (C=O) groups excluding carboxylic acids is 2. The lowest BCUT2D eigenvalue weighted by Crippen LogP contribution is -2.29. The molecule has 7 heteroatoms. The van der Waals surface area contributed by atoms with Gasteiger partial charge in [-0.25, -0.2) is 14.2 Å². The molecular weight excluding hydrogens is 375 g/mol. The van der Waals surface area contributed by atoms with E-state index in [9.17, 15) is 14.0 Å². The zero-order chi connectivity index (χ0) is 20.8. The number of benzene rings is 2. The zero-order valence-corrected chi connectivity index (χ0v) is 16.2. The van der Waals surface area contributed by atoms with Crippen LogP contribution in [0.15, 0.2) is 48.5 Å². The minimum Gasteiger partial charge on any atom is -0.452 e.